The molecular formula is C19H30N2O3. The monoisotopic (exact) mass is 334 g/mol. The lowest BCUT2D eigenvalue weighted by molar-refractivity contribution is -0.132. The number of carbonyl (C=O) groups excluding carboxylic acids is 1. The minimum atomic E-state index is 0.278. The van der Waals surface area contributed by atoms with Gasteiger partial charge in [0.05, 0.1) is 14.2 Å². The third kappa shape index (κ3) is 5.41. The lowest BCUT2D eigenvalue weighted by Gasteiger charge is -2.31. The van der Waals surface area contributed by atoms with E-state index in [1.807, 2.05) is 23.1 Å². The van der Waals surface area contributed by atoms with E-state index in [0.29, 0.717) is 12.3 Å². The van der Waals surface area contributed by atoms with E-state index in [9.17, 15) is 4.79 Å². The smallest absolute Gasteiger partial charge is 0.223 e. The highest BCUT2D eigenvalue weighted by Gasteiger charge is 2.20. The number of amides is 1. The van der Waals surface area contributed by atoms with Gasteiger partial charge < -0.3 is 19.7 Å². The van der Waals surface area contributed by atoms with Gasteiger partial charge in [-0.2, -0.15) is 0 Å². The second-order valence-corrected chi connectivity index (χ2v) is 6.53. The number of carbonyl (C=O) groups is 1. The van der Waals surface area contributed by atoms with Crippen LogP contribution in [0.15, 0.2) is 18.2 Å². The summed E-state index contributed by atoms with van der Waals surface area (Å²) in [5, 5.41) is 3.36. The zero-order chi connectivity index (χ0) is 17.4. The van der Waals surface area contributed by atoms with Gasteiger partial charge >= 0.3 is 0 Å². The maximum atomic E-state index is 12.2. The Hall–Kier alpha value is -1.75. The Morgan fingerprint density at radius 1 is 1.25 bits per heavy atom. The highest BCUT2D eigenvalue weighted by atomic mass is 16.5. The van der Waals surface area contributed by atoms with Gasteiger partial charge in [0, 0.05) is 26.1 Å². The van der Waals surface area contributed by atoms with Gasteiger partial charge in [0.25, 0.3) is 0 Å². The van der Waals surface area contributed by atoms with Crippen LogP contribution >= 0.6 is 0 Å². The van der Waals surface area contributed by atoms with Crippen LogP contribution in [0.1, 0.15) is 31.7 Å². The van der Waals surface area contributed by atoms with E-state index >= 15 is 0 Å². The predicted molar refractivity (Wildman–Crippen MR) is 95.7 cm³/mol. The lowest BCUT2D eigenvalue weighted by Crippen LogP contribution is -2.40. The van der Waals surface area contributed by atoms with E-state index in [-0.39, 0.29) is 5.91 Å². The Labute approximate surface area is 145 Å². The average Bonchev–Trinajstić information content (AvgIpc) is 2.61. The van der Waals surface area contributed by atoms with Gasteiger partial charge in [-0.3, -0.25) is 4.79 Å². The van der Waals surface area contributed by atoms with E-state index in [1.165, 1.54) is 12.0 Å². The van der Waals surface area contributed by atoms with Gasteiger partial charge in [-0.15, -0.1) is 0 Å². The quantitative estimate of drug-likeness (QED) is 0.742. The van der Waals surface area contributed by atoms with E-state index in [1.54, 1.807) is 14.2 Å². The van der Waals surface area contributed by atoms with Crippen LogP contribution < -0.4 is 14.8 Å². The van der Waals surface area contributed by atoms with Crippen molar-refractivity contribution in [3.8, 4) is 11.5 Å². The van der Waals surface area contributed by atoms with Crippen molar-refractivity contribution >= 4 is 5.91 Å². The van der Waals surface area contributed by atoms with E-state index in [4.69, 9.17) is 9.47 Å². The number of hydrogen-bond acceptors (Lipinski definition) is 4. The number of likely N-dealkylation sites (tertiary alicyclic amines) is 1. The third-order valence-corrected chi connectivity index (χ3v) is 4.56. The summed E-state index contributed by atoms with van der Waals surface area (Å²) in [7, 11) is 3.28. The molecule has 1 aliphatic rings. The number of nitrogens with one attached hydrogen (secondary N) is 1. The molecule has 134 valence electrons. The molecule has 1 amide bonds. The first kappa shape index (κ1) is 18.6. The molecule has 24 heavy (non-hydrogen) atoms. The van der Waals surface area contributed by atoms with Crippen LogP contribution in [-0.2, 0) is 11.2 Å². The topological polar surface area (TPSA) is 50.8 Å². The second kappa shape index (κ2) is 9.52. The summed E-state index contributed by atoms with van der Waals surface area (Å²) < 4.78 is 10.6. The first-order valence-electron chi connectivity index (χ1n) is 8.83. The molecule has 1 aromatic carbocycles. The number of rotatable bonds is 8. The summed E-state index contributed by atoms with van der Waals surface area (Å²) in [4.78, 5) is 14.2. The van der Waals surface area contributed by atoms with E-state index in [0.717, 1.165) is 50.5 Å². The number of nitrogens with zero attached hydrogens (tertiary/aromatic N) is 1. The van der Waals surface area contributed by atoms with Gasteiger partial charge in [0.2, 0.25) is 5.91 Å². The van der Waals surface area contributed by atoms with Crippen molar-refractivity contribution in [3.05, 3.63) is 23.8 Å². The van der Waals surface area contributed by atoms with Gasteiger partial charge in [0.15, 0.2) is 11.5 Å². The number of benzene rings is 1. The third-order valence-electron chi connectivity index (χ3n) is 4.56. The average molecular weight is 334 g/mol. The fraction of sp³-hybridized carbons (Fsp3) is 0.632. The fourth-order valence-electron chi connectivity index (χ4n) is 3.16. The van der Waals surface area contributed by atoms with Crippen molar-refractivity contribution in [3.63, 3.8) is 0 Å². The van der Waals surface area contributed by atoms with Gasteiger partial charge in [-0.1, -0.05) is 13.0 Å². The maximum absolute atomic E-state index is 12.2. The largest absolute Gasteiger partial charge is 0.493 e. The molecule has 0 spiro atoms. The zero-order valence-electron chi connectivity index (χ0n) is 15.1. The van der Waals surface area contributed by atoms with Crippen LogP contribution in [0.5, 0.6) is 11.5 Å². The molecule has 1 saturated heterocycles. The Kier molecular flexibility index (Phi) is 7.37. The molecule has 1 atom stereocenters. The minimum absolute atomic E-state index is 0.278. The second-order valence-electron chi connectivity index (χ2n) is 6.53. The summed E-state index contributed by atoms with van der Waals surface area (Å²) in [6, 6.07) is 5.97. The first-order valence-corrected chi connectivity index (χ1v) is 8.83. The summed E-state index contributed by atoms with van der Waals surface area (Å²) in [5.74, 6) is 2.42. The summed E-state index contributed by atoms with van der Waals surface area (Å²) >= 11 is 0. The molecule has 1 fully saturated rings. The van der Waals surface area contributed by atoms with Crippen LogP contribution in [0.25, 0.3) is 0 Å². The highest BCUT2D eigenvalue weighted by Crippen LogP contribution is 2.27. The van der Waals surface area contributed by atoms with Crippen molar-refractivity contribution in [2.45, 2.75) is 32.6 Å². The van der Waals surface area contributed by atoms with Crippen molar-refractivity contribution in [2.24, 2.45) is 5.92 Å². The van der Waals surface area contributed by atoms with Crippen LogP contribution in [0, 0.1) is 5.92 Å². The Balaban J connectivity index is 1.67. The van der Waals surface area contributed by atoms with Crippen LogP contribution in [0.3, 0.4) is 0 Å². The van der Waals surface area contributed by atoms with Crippen molar-refractivity contribution in [2.75, 3.05) is 40.4 Å². The zero-order valence-corrected chi connectivity index (χ0v) is 15.1. The predicted octanol–water partition coefficient (Wildman–Crippen LogP) is 2.48. The SMILES string of the molecule is COc1ccc(CCNCCC(=O)N2CCCC(C)C2)cc1OC. The normalized spacial score (nSPS) is 17.6. The molecule has 5 nitrogen and oxygen atoms in total. The van der Waals surface area contributed by atoms with Crippen molar-refractivity contribution in [1.29, 1.82) is 0 Å². The summed E-state index contributed by atoms with van der Waals surface area (Å²) in [6.45, 7) is 5.65. The Morgan fingerprint density at radius 2 is 2.04 bits per heavy atom. The number of piperidine rings is 1. The molecule has 1 N–H and O–H groups in total. The Morgan fingerprint density at radius 3 is 2.75 bits per heavy atom. The van der Waals surface area contributed by atoms with Crippen molar-refractivity contribution < 1.29 is 14.3 Å². The van der Waals surface area contributed by atoms with Crippen LogP contribution in [-0.4, -0.2) is 51.2 Å². The number of methoxy groups -OCH3 is 2. The number of hydrogen-bond donors (Lipinski definition) is 1. The summed E-state index contributed by atoms with van der Waals surface area (Å²) in [5.41, 5.74) is 1.19. The molecule has 0 aliphatic carbocycles. The molecule has 0 radical (unpaired) electrons. The molecular weight excluding hydrogens is 304 g/mol. The summed E-state index contributed by atoms with van der Waals surface area (Å²) in [6.07, 6.45) is 3.86. The Bertz CT molecular complexity index is 533. The van der Waals surface area contributed by atoms with Crippen LogP contribution in [0.4, 0.5) is 0 Å². The van der Waals surface area contributed by atoms with E-state index in [2.05, 4.69) is 12.2 Å². The van der Waals surface area contributed by atoms with Gasteiger partial charge in [-0.05, 0) is 49.4 Å². The van der Waals surface area contributed by atoms with Crippen LogP contribution in [0.2, 0.25) is 0 Å². The molecule has 0 saturated carbocycles. The standard InChI is InChI=1S/C19H30N2O3/c1-15-5-4-12-21(14-15)19(22)9-11-20-10-8-16-6-7-17(23-2)18(13-16)24-3/h6-7,13,15,20H,4-5,8-12,14H2,1-3H3. The minimum Gasteiger partial charge on any atom is -0.493 e. The lowest BCUT2D eigenvalue weighted by atomic mass is 10.00. The molecule has 1 aliphatic heterocycles. The molecule has 0 bridgehead atoms. The number of ether oxygens (including phenoxy) is 2. The molecule has 1 heterocycles. The first-order chi connectivity index (χ1) is 11.6. The molecule has 1 aromatic rings. The maximum Gasteiger partial charge on any atom is 0.223 e. The molecule has 2 rings (SSSR count). The highest BCUT2D eigenvalue weighted by molar-refractivity contribution is 5.76. The molecule has 1 unspecified atom stereocenters. The van der Waals surface area contributed by atoms with E-state index < -0.39 is 0 Å². The molecule has 5 heteroatoms. The molecule has 0 aromatic heterocycles. The van der Waals surface area contributed by atoms with Gasteiger partial charge in [0.1, 0.15) is 0 Å². The van der Waals surface area contributed by atoms with Crippen molar-refractivity contribution in [1.82, 2.24) is 10.2 Å². The fourth-order valence-corrected chi connectivity index (χ4v) is 3.16. The van der Waals surface area contributed by atoms with Gasteiger partial charge in [-0.25, -0.2) is 0 Å².